The van der Waals surface area contributed by atoms with Crippen LogP contribution in [0.4, 0.5) is 0 Å². The maximum absolute atomic E-state index is 11.5. The number of ether oxygens (including phenoxy) is 1. The van der Waals surface area contributed by atoms with Gasteiger partial charge < -0.3 is 10.1 Å². The molecule has 6 heteroatoms. The highest BCUT2D eigenvalue weighted by Crippen LogP contribution is 2.20. The molecule has 5 nitrogen and oxygen atoms in total. The SMILES string of the molecule is CNCCC1CCN(CCOc2cccc(S(C)(=O)=O)c2)CC1. The van der Waals surface area contributed by atoms with Crippen molar-refractivity contribution >= 4 is 9.84 Å². The van der Waals surface area contributed by atoms with Crippen LogP contribution in [0, 0.1) is 5.92 Å². The van der Waals surface area contributed by atoms with Crippen molar-refractivity contribution < 1.29 is 13.2 Å². The van der Waals surface area contributed by atoms with Crippen LogP contribution in [-0.4, -0.2) is 59.4 Å². The van der Waals surface area contributed by atoms with Crippen LogP contribution in [0.3, 0.4) is 0 Å². The van der Waals surface area contributed by atoms with E-state index in [4.69, 9.17) is 4.74 Å². The Labute approximate surface area is 139 Å². The van der Waals surface area contributed by atoms with Crippen LogP contribution >= 0.6 is 0 Å². The summed E-state index contributed by atoms with van der Waals surface area (Å²) in [6.07, 6.45) is 4.99. The smallest absolute Gasteiger partial charge is 0.175 e. The molecule has 0 amide bonds. The number of nitrogens with zero attached hydrogens (tertiary/aromatic N) is 1. The summed E-state index contributed by atoms with van der Waals surface area (Å²) in [4.78, 5) is 2.73. The summed E-state index contributed by atoms with van der Waals surface area (Å²) in [6.45, 7) is 4.84. The van der Waals surface area contributed by atoms with Gasteiger partial charge in [-0.15, -0.1) is 0 Å². The lowest BCUT2D eigenvalue weighted by molar-refractivity contribution is 0.151. The highest BCUT2D eigenvalue weighted by Gasteiger charge is 2.18. The first-order chi connectivity index (χ1) is 11.0. The van der Waals surface area contributed by atoms with Gasteiger partial charge in [0, 0.05) is 12.8 Å². The van der Waals surface area contributed by atoms with Crippen LogP contribution in [0.2, 0.25) is 0 Å². The summed E-state index contributed by atoms with van der Waals surface area (Å²) >= 11 is 0. The Morgan fingerprint density at radius 1 is 1.30 bits per heavy atom. The predicted molar refractivity (Wildman–Crippen MR) is 92.8 cm³/mol. The molecule has 0 aromatic heterocycles. The van der Waals surface area contributed by atoms with Gasteiger partial charge in [0.1, 0.15) is 12.4 Å². The predicted octanol–water partition coefficient (Wildman–Crippen LogP) is 1.79. The number of nitrogens with one attached hydrogen (secondary N) is 1. The zero-order valence-electron chi connectivity index (χ0n) is 14.1. The van der Waals surface area contributed by atoms with Crippen molar-refractivity contribution in [1.29, 1.82) is 0 Å². The number of hydrogen-bond acceptors (Lipinski definition) is 5. The van der Waals surface area contributed by atoms with E-state index in [1.165, 1.54) is 25.5 Å². The van der Waals surface area contributed by atoms with Crippen molar-refractivity contribution in [3.8, 4) is 5.75 Å². The molecule has 1 aliphatic heterocycles. The van der Waals surface area contributed by atoms with Gasteiger partial charge >= 0.3 is 0 Å². The Bertz CT molecular complexity index is 581. The van der Waals surface area contributed by atoms with E-state index in [-0.39, 0.29) is 0 Å². The minimum atomic E-state index is -3.18. The molecule has 2 rings (SSSR count). The van der Waals surface area contributed by atoms with Crippen LogP contribution in [0.25, 0.3) is 0 Å². The number of piperidine rings is 1. The van der Waals surface area contributed by atoms with E-state index < -0.39 is 9.84 Å². The fourth-order valence-electron chi connectivity index (χ4n) is 2.93. The second-order valence-corrected chi connectivity index (χ2v) is 8.29. The van der Waals surface area contributed by atoms with Crippen molar-refractivity contribution in [3.05, 3.63) is 24.3 Å². The molecule has 0 radical (unpaired) electrons. The molecule has 1 aromatic rings. The number of rotatable bonds is 8. The third-order valence-corrected chi connectivity index (χ3v) is 5.53. The van der Waals surface area contributed by atoms with Gasteiger partial charge in [-0.05, 0) is 70.1 Å². The second kappa shape index (κ2) is 8.66. The third-order valence-electron chi connectivity index (χ3n) is 4.42. The Kier molecular flexibility index (Phi) is 6.87. The van der Waals surface area contributed by atoms with Crippen molar-refractivity contribution in [2.75, 3.05) is 46.1 Å². The van der Waals surface area contributed by atoms with Crippen molar-refractivity contribution in [3.63, 3.8) is 0 Å². The van der Waals surface area contributed by atoms with Crippen molar-refractivity contribution in [2.45, 2.75) is 24.2 Å². The van der Waals surface area contributed by atoms with E-state index in [0.717, 1.165) is 32.1 Å². The first-order valence-corrected chi connectivity index (χ1v) is 10.2. The Balaban J connectivity index is 1.72. The molecular weight excluding hydrogens is 312 g/mol. The zero-order chi connectivity index (χ0) is 16.7. The van der Waals surface area contributed by atoms with Gasteiger partial charge in [0.15, 0.2) is 9.84 Å². The molecule has 1 fully saturated rings. The standard InChI is InChI=1S/C17H28N2O3S/c1-18-9-6-15-7-10-19(11-8-15)12-13-22-16-4-3-5-17(14-16)23(2,20)21/h3-5,14-15,18H,6-13H2,1-2H3. The molecule has 0 bridgehead atoms. The van der Waals surface area contributed by atoms with Gasteiger partial charge in [0.25, 0.3) is 0 Å². The Hall–Kier alpha value is -1.11. The normalized spacial score (nSPS) is 17.3. The molecule has 23 heavy (non-hydrogen) atoms. The van der Waals surface area contributed by atoms with Crippen LogP contribution < -0.4 is 10.1 Å². The molecule has 1 aliphatic rings. The largest absolute Gasteiger partial charge is 0.492 e. The molecule has 1 heterocycles. The lowest BCUT2D eigenvalue weighted by Crippen LogP contribution is -2.37. The van der Waals surface area contributed by atoms with Crippen molar-refractivity contribution in [2.24, 2.45) is 5.92 Å². The molecule has 0 unspecified atom stereocenters. The van der Waals surface area contributed by atoms with Crippen LogP contribution in [0.1, 0.15) is 19.3 Å². The molecule has 0 atom stereocenters. The molecule has 130 valence electrons. The first kappa shape index (κ1) is 18.2. The maximum Gasteiger partial charge on any atom is 0.175 e. The molecule has 0 aliphatic carbocycles. The van der Waals surface area contributed by atoms with Gasteiger partial charge in [-0.25, -0.2) is 8.42 Å². The highest BCUT2D eigenvalue weighted by atomic mass is 32.2. The average molecular weight is 340 g/mol. The van der Waals surface area contributed by atoms with E-state index in [2.05, 4.69) is 10.2 Å². The first-order valence-electron chi connectivity index (χ1n) is 8.29. The monoisotopic (exact) mass is 340 g/mol. The molecule has 1 N–H and O–H groups in total. The molecule has 1 aromatic carbocycles. The van der Waals surface area contributed by atoms with Gasteiger partial charge in [-0.1, -0.05) is 6.07 Å². The number of benzene rings is 1. The van der Waals surface area contributed by atoms with Gasteiger partial charge in [0.05, 0.1) is 4.90 Å². The van der Waals surface area contributed by atoms with E-state index in [1.54, 1.807) is 24.3 Å². The quantitative estimate of drug-likeness (QED) is 0.782. The summed E-state index contributed by atoms with van der Waals surface area (Å²) in [6, 6.07) is 6.72. The minimum Gasteiger partial charge on any atom is -0.492 e. The fraction of sp³-hybridized carbons (Fsp3) is 0.647. The molecular formula is C17H28N2O3S. The summed E-state index contributed by atoms with van der Waals surface area (Å²) in [5, 5.41) is 3.22. The lowest BCUT2D eigenvalue weighted by Gasteiger charge is -2.31. The molecule has 0 spiro atoms. The highest BCUT2D eigenvalue weighted by molar-refractivity contribution is 7.90. The fourth-order valence-corrected chi connectivity index (χ4v) is 3.59. The second-order valence-electron chi connectivity index (χ2n) is 6.27. The number of likely N-dealkylation sites (tertiary alicyclic amines) is 1. The third kappa shape index (κ3) is 6.12. The van der Waals surface area contributed by atoms with Crippen molar-refractivity contribution in [1.82, 2.24) is 10.2 Å². The maximum atomic E-state index is 11.5. The Morgan fingerprint density at radius 3 is 2.70 bits per heavy atom. The summed E-state index contributed by atoms with van der Waals surface area (Å²) in [5.41, 5.74) is 0. The van der Waals surface area contributed by atoms with E-state index in [0.29, 0.717) is 17.3 Å². The van der Waals surface area contributed by atoms with Gasteiger partial charge in [-0.3, -0.25) is 4.90 Å². The zero-order valence-corrected chi connectivity index (χ0v) is 14.9. The average Bonchev–Trinajstić information content (AvgIpc) is 2.54. The summed E-state index contributed by atoms with van der Waals surface area (Å²) < 4.78 is 28.8. The number of hydrogen-bond donors (Lipinski definition) is 1. The van der Waals surface area contributed by atoms with Gasteiger partial charge in [0.2, 0.25) is 0 Å². The van der Waals surface area contributed by atoms with E-state index in [9.17, 15) is 8.42 Å². The lowest BCUT2D eigenvalue weighted by atomic mass is 9.93. The van der Waals surface area contributed by atoms with E-state index >= 15 is 0 Å². The van der Waals surface area contributed by atoms with Crippen LogP contribution in [0.15, 0.2) is 29.2 Å². The number of sulfone groups is 1. The topological polar surface area (TPSA) is 58.6 Å². The molecule has 0 saturated carbocycles. The van der Waals surface area contributed by atoms with Gasteiger partial charge in [-0.2, -0.15) is 0 Å². The summed E-state index contributed by atoms with van der Waals surface area (Å²) in [7, 11) is -1.18. The molecule has 1 saturated heterocycles. The van der Waals surface area contributed by atoms with E-state index in [1.807, 2.05) is 7.05 Å². The minimum absolute atomic E-state index is 0.306. The van der Waals surface area contributed by atoms with Crippen LogP contribution in [0.5, 0.6) is 5.75 Å². The summed E-state index contributed by atoms with van der Waals surface area (Å²) in [5.74, 6) is 1.46. The van der Waals surface area contributed by atoms with Crippen LogP contribution in [-0.2, 0) is 9.84 Å². The Morgan fingerprint density at radius 2 is 2.04 bits per heavy atom.